The Kier molecular flexibility index (Phi) is 3.73. The predicted molar refractivity (Wildman–Crippen MR) is 90.0 cm³/mol. The Balaban J connectivity index is 2.10. The van der Waals surface area contributed by atoms with Crippen molar-refractivity contribution < 1.29 is 8.42 Å². The van der Waals surface area contributed by atoms with E-state index in [1.54, 1.807) is 42.9 Å². The van der Waals surface area contributed by atoms with Crippen LogP contribution in [-0.4, -0.2) is 30.2 Å². The Morgan fingerprint density at radius 1 is 1.29 bits per heavy atom. The quantitative estimate of drug-likeness (QED) is 0.726. The first-order chi connectivity index (χ1) is 11.3. The van der Waals surface area contributed by atoms with E-state index in [-0.39, 0.29) is 4.90 Å². The summed E-state index contributed by atoms with van der Waals surface area (Å²) in [6.07, 6.45) is 1.32. The minimum absolute atomic E-state index is 0.0796. The fourth-order valence-electron chi connectivity index (χ4n) is 2.50. The lowest BCUT2D eigenvalue weighted by atomic mass is 10.2. The molecule has 0 atom stereocenters. The maximum absolute atomic E-state index is 12.9. The fraction of sp³-hybridized carbons (Fsp3) is 0.188. The molecule has 7 nitrogen and oxygen atoms in total. The predicted octanol–water partition coefficient (Wildman–Crippen LogP) is 1.97. The summed E-state index contributed by atoms with van der Waals surface area (Å²) < 4.78 is 28.5. The molecule has 24 heavy (non-hydrogen) atoms. The van der Waals surface area contributed by atoms with Crippen LogP contribution in [0.1, 0.15) is 11.3 Å². The number of aryl methyl sites for hydroxylation is 2. The molecular weight excluding hydrogens is 326 g/mol. The van der Waals surface area contributed by atoms with Gasteiger partial charge in [0.15, 0.2) is 5.65 Å². The van der Waals surface area contributed by atoms with Crippen LogP contribution in [0.25, 0.3) is 11.0 Å². The van der Waals surface area contributed by atoms with Crippen molar-refractivity contribution in [2.75, 3.05) is 11.4 Å². The third kappa shape index (κ3) is 2.49. The number of pyridine rings is 1. The largest absolute Gasteiger partial charge is 0.269 e. The number of rotatable bonds is 3. The van der Waals surface area contributed by atoms with Gasteiger partial charge in [0.2, 0.25) is 0 Å². The number of nitriles is 1. The van der Waals surface area contributed by atoms with Crippen LogP contribution in [0.2, 0.25) is 0 Å². The van der Waals surface area contributed by atoms with Gasteiger partial charge in [-0.1, -0.05) is 6.07 Å². The number of hydrogen-bond acceptors (Lipinski definition) is 5. The van der Waals surface area contributed by atoms with E-state index >= 15 is 0 Å². The van der Waals surface area contributed by atoms with Crippen LogP contribution in [0.5, 0.6) is 0 Å². The first-order valence-corrected chi connectivity index (χ1v) is 8.57. The Bertz CT molecular complexity index is 1080. The number of anilines is 1. The Labute approximate surface area is 139 Å². The van der Waals surface area contributed by atoms with E-state index in [2.05, 4.69) is 10.1 Å². The lowest BCUT2D eigenvalue weighted by Gasteiger charge is -2.19. The molecule has 0 N–H and O–H groups in total. The van der Waals surface area contributed by atoms with Crippen molar-refractivity contribution in [3.05, 3.63) is 47.8 Å². The summed E-state index contributed by atoms with van der Waals surface area (Å²) in [6, 6.07) is 10.0. The number of benzene rings is 1. The number of aromatic nitrogens is 3. The van der Waals surface area contributed by atoms with Gasteiger partial charge in [-0.25, -0.2) is 13.4 Å². The van der Waals surface area contributed by atoms with E-state index in [4.69, 9.17) is 5.26 Å². The van der Waals surface area contributed by atoms with Gasteiger partial charge in [0.05, 0.1) is 23.0 Å². The summed E-state index contributed by atoms with van der Waals surface area (Å²) >= 11 is 0. The summed E-state index contributed by atoms with van der Waals surface area (Å²) in [6.45, 7) is 1.81. The monoisotopic (exact) mass is 341 g/mol. The molecule has 2 heterocycles. The summed E-state index contributed by atoms with van der Waals surface area (Å²) in [5.74, 6) is 0. The van der Waals surface area contributed by atoms with Gasteiger partial charge in [0.1, 0.15) is 4.90 Å². The van der Waals surface area contributed by atoms with E-state index in [1.165, 1.54) is 19.3 Å². The summed E-state index contributed by atoms with van der Waals surface area (Å²) in [7, 11) is -0.581. The number of fused-ring (bicyclic) bond motifs is 1. The van der Waals surface area contributed by atoms with Gasteiger partial charge >= 0.3 is 0 Å². The number of nitrogens with zero attached hydrogens (tertiary/aromatic N) is 5. The van der Waals surface area contributed by atoms with E-state index in [9.17, 15) is 8.42 Å². The topological polar surface area (TPSA) is 91.9 Å². The molecule has 0 bridgehead atoms. The SMILES string of the molecule is Cc1nn(C)c2ncc(S(=O)(=O)N(C)c3cccc(C#N)c3)cc12. The zero-order valence-corrected chi connectivity index (χ0v) is 14.2. The molecule has 3 rings (SSSR count). The average Bonchev–Trinajstić information content (AvgIpc) is 2.88. The molecule has 3 aromatic rings. The highest BCUT2D eigenvalue weighted by Gasteiger charge is 2.23. The molecular formula is C16H15N5O2S. The standard InChI is InChI=1S/C16H15N5O2S/c1-11-15-8-14(10-18-16(15)20(2)19-11)24(22,23)21(3)13-6-4-5-12(7-13)9-17/h4-8,10H,1-3H3. The van der Waals surface area contributed by atoms with Gasteiger partial charge in [-0.05, 0) is 31.2 Å². The Hall–Kier alpha value is -2.92. The van der Waals surface area contributed by atoms with Crippen molar-refractivity contribution in [1.82, 2.24) is 14.8 Å². The van der Waals surface area contributed by atoms with Crippen LogP contribution in [0.15, 0.2) is 41.4 Å². The maximum atomic E-state index is 12.9. The van der Waals surface area contributed by atoms with Crippen molar-refractivity contribution in [1.29, 1.82) is 5.26 Å². The molecule has 2 aromatic heterocycles. The van der Waals surface area contributed by atoms with Crippen molar-refractivity contribution in [2.24, 2.45) is 7.05 Å². The molecule has 8 heteroatoms. The lowest BCUT2D eigenvalue weighted by molar-refractivity contribution is 0.594. The van der Waals surface area contributed by atoms with E-state index in [0.717, 1.165) is 4.31 Å². The van der Waals surface area contributed by atoms with Crippen LogP contribution in [0, 0.1) is 18.3 Å². The number of sulfonamides is 1. The Morgan fingerprint density at radius 2 is 2.04 bits per heavy atom. The highest BCUT2D eigenvalue weighted by molar-refractivity contribution is 7.92. The molecule has 0 radical (unpaired) electrons. The van der Waals surface area contributed by atoms with Gasteiger partial charge in [-0.3, -0.25) is 8.99 Å². The molecule has 122 valence electrons. The molecule has 0 aliphatic heterocycles. The van der Waals surface area contributed by atoms with E-state index in [0.29, 0.717) is 28.0 Å². The van der Waals surface area contributed by atoms with Gasteiger partial charge in [0, 0.05) is 25.7 Å². The first-order valence-electron chi connectivity index (χ1n) is 7.13. The van der Waals surface area contributed by atoms with E-state index < -0.39 is 10.0 Å². The molecule has 0 saturated heterocycles. The van der Waals surface area contributed by atoms with Gasteiger partial charge in [-0.2, -0.15) is 10.4 Å². The lowest BCUT2D eigenvalue weighted by Crippen LogP contribution is -2.26. The second kappa shape index (κ2) is 5.62. The summed E-state index contributed by atoms with van der Waals surface area (Å²) in [5.41, 5.74) is 2.15. The molecule has 0 aliphatic rings. The minimum atomic E-state index is -3.79. The Morgan fingerprint density at radius 3 is 2.75 bits per heavy atom. The highest BCUT2D eigenvalue weighted by atomic mass is 32.2. The minimum Gasteiger partial charge on any atom is -0.269 e. The van der Waals surface area contributed by atoms with Crippen molar-refractivity contribution in [2.45, 2.75) is 11.8 Å². The molecule has 0 unspecified atom stereocenters. The maximum Gasteiger partial charge on any atom is 0.265 e. The molecule has 0 spiro atoms. The zero-order chi connectivity index (χ0) is 17.5. The highest BCUT2D eigenvalue weighted by Crippen LogP contribution is 2.25. The van der Waals surface area contributed by atoms with Crippen LogP contribution in [0.3, 0.4) is 0 Å². The molecule has 0 amide bonds. The molecule has 0 aliphatic carbocycles. The third-order valence-corrected chi connectivity index (χ3v) is 5.59. The van der Waals surface area contributed by atoms with E-state index in [1.807, 2.05) is 6.07 Å². The van der Waals surface area contributed by atoms with Gasteiger partial charge < -0.3 is 0 Å². The second-order valence-corrected chi connectivity index (χ2v) is 7.36. The third-order valence-electron chi connectivity index (χ3n) is 3.84. The average molecular weight is 341 g/mol. The molecule has 1 aromatic carbocycles. The smallest absolute Gasteiger partial charge is 0.265 e. The summed E-state index contributed by atoms with van der Waals surface area (Å²) in [5, 5.41) is 13.9. The molecule has 0 saturated carbocycles. The molecule has 0 fully saturated rings. The van der Waals surface area contributed by atoms with Gasteiger partial charge in [-0.15, -0.1) is 0 Å². The first kappa shape index (κ1) is 16.0. The van der Waals surface area contributed by atoms with Crippen LogP contribution in [-0.2, 0) is 17.1 Å². The zero-order valence-electron chi connectivity index (χ0n) is 13.4. The van der Waals surface area contributed by atoms with Crippen molar-refractivity contribution >= 4 is 26.7 Å². The number of hydrogen-bond donors (Lipinski definition) is 0. The normalized spacial score (nSPS) is 11.4. The van der Waals surface area contributed by atoms with Crippen molar-refractivity contribution in [3.8, 4) is 6.07 Å². The second-order valence-electron chi connectivity index (χ2n) is 5.39. The van der Waals surface area contributed by atoms with Crippen LogP contribution in [0.4, 0.5) is 5.69 Å². The van der Waals surface area contributed by atoms with Crippen molar-refractivity contribution in [3.63, 3.8) is 0 Å². The summed E-state index contributed by atoms with van der Waals surface area (Å²) in [4.78, 5) is 4.30. The fourth-order valence-corrected chi connectivity index (χ4v) is 3.66. The van der Waals surface area contributed by atoms with Crippen LogP contribution >= 0.6 is 0 Å². The van der Waals surface area contributed by atoms with Gasteiger partial charge in [0.25, 0.3) is 10.0 Å². The van der Waals surface area contributed by atoms with Crippen LogP contribution < -0.4 is 4.31 Å².